The molecule has 1 atom stereocenters. The summed E-state index contributed by atoms with van der Waals surface area (Å²) < 4.78 is 4.59. The van der Waals surface area contributed by atoms with Crippen LogP contribution in [0, 0.1) is 0 Å². The van der Waals surface area contributed by atoms with E-state index in [1.54, 1.807) is 23.0 Å². The number of hydrogen-bond donors (Lipinski definition) is 1. The molecule has 4 heteroatoms. The van der Waals surface area contributed by atoms with Gasteiger partial charge in [-0.3, -0.25) is 0 Å². The molecule has 0 saturated carbocycles. The Morgan fingerprint density at radius 1 is 1.83 bits per heavy atom. The lowest BCUT2D eigenvalue weighted by atomic mass is 9.95. The van der Waals surface area contributed by atoms with Crippen LogP contribution in [0.4, 0.5) is 0 Å². The Kier molecular flexibility index (Phi) is 3.28. The second-order valence-electron chi connectivity index (χ2n) is 2.72. The number of carbonyl (C=O) groups excluding carboxylic acids is 1. The topological polar surface area (TPSA) is 52.3 Å². The second-order valence-corrected chi connectivity index (χ2v) is 3.16. The first-order chi connectivity index (χ1) is 5.66. The summed E-state index contributed by atoms with van der Waals surface area (Å²) >= 11 is 1.57. The monoisotopic (exact) mass is 279 g/mol. The van der Waals surface area contributed by atoms with Gasteiger partial charge >= 0.3 is 5.97 Å². The summed E-state index contributed by atoms with van der Waals surface area (Å²) in [5, 5.41) is 0. The molecular weight excluding hydrogens is 269 g/mol. The van der Waals surface area contributed by atoms with E-state index in [-0.39, 0.29) is 12.0 Å². The van der Waals surface area contributed by atoms with Crippen LogP contribution >= 0.6 is 23.0 Å². The Morgan fingerprint density at radius 3 is 3.00 bits per heavy atom. The van der Waals surface area contributed by atoms with Crippen molar-refractivity contribution >= 4 is 29.0 Å². The molecule has 0 aliphatic heterocycles. The largest absolute Gasteiger partial charge is 0.391 e. The molecule has 0 spiro atoms. The van der Waals surface area contributed by atoms with Crippen LogP contribution in [0.5, 0.6) is 0 Å². The Balaban J connectivity index is 2.91. The van der Waals surface area contributed by atoms with Crippen molar-refractivity contribution in [1.29, 1.82) is 0 Å². The van der Waals surface area contributed by atoms with Crippen molar-refractivity contribution < 1.29 is 7.86 Å². The molecule has 0 amide bonds. The lowest BCUT2D eigenvalue weighted by Crippen LogP contribution is -2.28. The van der Waals surface area contributed by atoms with Crippen LogP contribution in [-0.4, -0.2) is 12.0 Å². The standard InChI is InChI=1S/C8H10INO2/c1-5-3-2-4-6(10)7(5)8(11)12-9/h2,4,6H,3,10H2,1H3. The Bertz CT molecular complexity index is 258. The molecule has 3 nitrogen and oxygen atoms in total. The second kappa shape index (κ2) is 4.04. The lowest BCUT2D eigenvalue weighted by molar-refractivity contribution is -0.127. The van der Waals surface area contributed by atoms with Crippen LogP contribution in [-0.2, 0) is 7.86 Å². The summed E-state index contributed by atoms with van der Waals surface area (Å²) in [6.07, 6.45) is 4.56. The molecule has 12 heavy (non-hydrogen) atoms. The molecule has 66 valence electrons. The van der Waals surface area contributed by atoms with Gasteiger partial charge in [-0.1, -0.05) is 17.7 Å². The number of allylic oxidation sites excluding steroid dienone is 2. The zero-order valence-corrected chi connectivity index (χ0v) is 8.87. The van der Waals surface area contributed by atoms with Crippen LogP contribution in [0.2, 0.25) is 0 Å². The van der Waals surface area contributed by atoms with Gasteiger partial charge in [-0.15, -0.1) is 0 Å². The zero-order chi connectivity index (χ0) is 9.14. The van der Waals surface area contributed by atoms with E-state index in [0.717, 1.165) is 12.0 Å². The van der Waals surface area contributed by atoms with Crippen molar-refractivity contribution in [1.82, 2.24) is 0 Å². The fraction of sp³-hybridized carbons (Fsp3) is 0.375. The van der Waals surface area contributed by atoms with Gasteiger partial charge in [0.15, 0.2) is 23.0 Å². The summed E-state index contributed by atoms with van der Waals surface area (Å²) in [5.41, 5.74) is 7.28. The molecule has 1 aliphatic carbocycles. The van der Waals surface area contributed by atoms with Crippen LogP contribution in [0.1, 0.15) is 13.3 Å². The summed E-state index contributed by atoms with van der Waals surface area (Å²) in [6, 6.07) is -0.305. The molecule has 0 aromatic rings. The molecule has 0 saturated heterocycles. The molecule has 0 aromatic heterocycles. The Labute approximate surface area is 85.3 Å². The average Bonchev–Trinajstić information content (AvgIpc) is 2.03. The smallest absolute Gasteiger partial charge is 0.345 e. The molecule has 1 aliphatic rings. The molecule has 0 radical (unpaired) electrons. The van der Waals surface area contributed by atoms with Crippen molar-refractivity contribution in [3.8, 4) is 0 Å². The summed E-state index contributed by atoms with van der Waals surface area (Å²) in [6.45, 7) is 1.90. The number of carbonyl (C=O) groups is 1. The van der Waals surface area contributed by atoms with Gasteiger partial charge in [-0.25, -0.2) is 4.79 Å². The normalized spacial score (nSPS) is 22.8. The fourth-order valence-corrected chi connectivity index (χ4v) is 1.47. The van der Waals surface area contributed by atoms with Gasteiger partial charge in [-0.05, 0) is 13.3 Å². The van der Waals surface area contributed by atoms with Crippen LogP contribution in [0.15, 0.2) is 23.3 Å². The zero-order valence-electron chi connectivity index (χ0n) is 6.71. The number of rotatable bonds is 1. The third-order valence-corrected chi connectivity index (χ3v) is 2.25. The maximum atomic E-state index is 11.2. The predicted molar refractivity (Wildman–Crippen MR) is 54.5 cm³/mol. The number of halogens is 1. The minimum absolute atomic E-state index is 0.305. The van der Waals surface area contributed by atoms with E-state index < -0.39 is 0 Å². The first-order valence-electron chi connectivity index (χ1n) is 3.61. The average molecular weight is 279 g/mol. The Morgan fingerprint density at radius 2 is 2.50 bits per heavy atom. The molecule has 1 unspecified atom stereocenters. The van der Waals surface area contributed by atoms with Crippen molar-refractivity contribution in [2.45, 2.75) is 19.4 Å². The van der Waals surface area contributed by atoms with E-state index in [1.165, 1.54) is 0 Å². The van der Waals surface area contributed by atoms with Gasteiger partial charge in [0.25, 0.3) is 0 Å². The first kappa shape index (κ1) is 9.73. The van der Waals surface area contributed by atoms with Crippen molar-refractivity contribution in [2.75, 3.05) is 0 Å². The fourth-order valence-electron chi connectivity index (χ4n) is 1.23. The van der Waals surface area contributed by atoms with Gasteiger partial charge in [-0.2, -0.15) is 0 Å². The van der Waals surface area contributed by atoms with Crippen LogP contribution < -0.4 is 5.73 Å². The molecule has 0 fully saturated rings. The third kappa shape index (κ3) is 1.87. The number of nitrogens with two attached hydrogens (primary N) is 1. The molecule has 0 aromatic carbocycles. The highest BCUT2D eigenvalue weighted by Crippen LogP contribution is 2.20. The summed E-state index contributed by atoms with van der Waals surface area (Å²) in [7, 11) is 0. The van der Waals surface area contributed by atoms with Gasteiger partial charge in [0.1, 0.15) is 0 Å². The first-order valence-corrected chi connectivity index (χ1v) is 4.49. The minimum atomic E-state index is -0.329. The van der Waals surface area contributed by atoms with E-state index in [9.17, 15) is 4.79 Å². The molecule has 1 rings (SSSR count). The molecule has 0 bridgehead atoms. The van der Waals surface area contributed by atoms with Gasteiger partial charge in [0, 0.05) is 0 Å². The molecular formula is C8H10INO2. The quantitative estimate of drug-likeness (QED) is 0.584. The predicted octanol–water partition coefficient (Wildman–Crippen LogP) is 1.48. The maximum Gasteiger partial charge on any atom is 0.345 e. The molecule has 2 N–H and O–H groups in total. The van der Waals surface area contributed by atoms with Crippen LogP contribution in [0.25, 0.3) is 0 Å². The van der Waals surface area contributed by atoms with E-state index in [1.807, 2.05) is 19.1 Å². The van der Waals surface area contributed by atoms with E-state index in [2.05, 4.69) is 3.07 Å². The van der Waals surface area contributed by atoms with Crippen molar-refractivity contribution in [2.24, 2.45) is 5.73 Å². The summed E-state index contributed by atoms with van der Waals surface area (Å²) in [4.78, 5) is 11.2. The van der Waals surface area contributed by atoms with E-state index >= 15 is 0 Å². The maximum absolute atomic E-state index is 11.2. The van der Waals surface area contributed by atoms with Gasteiger partial charge in [0.05, 0.1) is 11.6 Å². The van der Waals surface area contributed by atoms with Gasteiger partial charge < -0.3 is 8.80 Å². The van der Waals surface area contributed by atoms with E-state index in [4.69, 9.17) is 5.73 Å². The Hall–Kier alpha value is -0.360. The van der Waals surface area contributed by atoms with Crippen LogP contribution in [0.3, 0.4) is 0 Å². The van der Waals surface area contributed by atoms with E-state index in [0.29, 0.717) is 5.57 Å². The van der Waals surface area contributed by atoms with Crippen molar-refractivity contribution in [3.05, 3.63) is 23.3 Å². The highest BCUT2D eigenvalue weighted by Gasteiger charge is 2.21. The lowest BCUT2D eigenvalue weighted by Gasteiger charge is -2.16. The number of hydrogen-bond acceptors (Lipinski definition) is 3. The van der Waals surface area contributed by atoms with Crippen molar-refractivity contribution in [3.63, 3.8) is 0 Å². The minimum Gasteiger partial charge on any atom is -0.391 e. The molecule has 0 heterocycles. The summed E-state index contributed by atoms with van der Waals surface area (Å²) in [5.74, 6) is -0.329. The highest BCUT2D eigenvalue weighted by atomic mass is 127. The highest BCUT2D eigenvalue weighted by molar-refractivity contribution is 14.1. The van der Waals surface area contributed by atoms with Gasteiger partial charge in [0.2, 0.25) is 0 Å². The third-order valence-electron chi connectivity index (χ3n) is 1.85. The SMILES string of the molecule is CC1=C(C(=O)OI)C(N)C=CC1.